The van der Waals surface area contributed by atoms with Gasteiger partial charge in [-0.2, -0.15) is 0 Å². The second kappa shape index (κ2) is 6.48. The van der Waals surface area contributed by atoms with Crippen molar-refractivity contribution in [2.24, 2.45) is 5.92 Å². The molecule has 3 rings (SSSR count). The number of nitrogens with zero attached hydrogens (tertiary/aromatic N) is 1. The van der Waals surface area contributed by atoms with E-state index in [1.54, 1.807) is 12.1 Å². The van der Waals surface area contributed by atoms with E-state index in [0.717, 1.165) is 44.3 Å². The number of aromatic hydroxyl groups is 1. The third-order valence-corrected chi connectivity index (χ3v) is 4.57. The van der Waals surface area contributed by atoms with E-state index < -0.39 is 0 Å². The van der Waals surface area contributed by atoms with Crippen LogP contribution in [0.3, 0.4) is 0 Å². The lowest BCUT2D eigenvalue weighted by Gasteiger charge is -2.33. The Hall–Kier alpha value is -1.55. The van der Waals surface area contributed by atoms with Crippen molar-refractivity contribution in [1.29, 1.82) is 0 Å². The van der Waals surface area contributed by atoms with Crippen LogP contribution in [-0.2, 0) is 16.1 Å². The largest absolute Gasteiger partial charge is 0.508 e. The molecule has 0 bridgehead atoms. The van der Waals surface area contributed by atoms with Crippen LogP contribution in [0.5, 0.6) is 5.75 Å². The number of phenolic OH excluding ortho intramolecular Hbond substituents is 1. The van der Waals surface area contributed by atoms with Crippen LogP contribution in [0.2, 0.25) is 0 Å². The van der Waals surface area contributed by atoms with Crippen molar-refractivity contribution >= 4 is 5.91 Å². The van der Waals surface area contributed by atoms with Crippen molar-refractivity contribution in [2.45, 2.75) is 44.8 Å². The Morgan fingerprint density at radius 1 is 1.24 bits per heavy atom. The SMILES string of the molecule is O=C(C1CCC1)N(Cc1ccccc1O)CC1CCCO1. The molecule has 0 aromatic heterocycles. The third-order valence-electron chi connectivity index (χ3n) is 4.57. The number of amides is 1. The average molecular weight is 289 g/mol. The van der Waals surface area contributed by atoms with Gasteiger partial charge in [-0.05, 0) is 31.7 Å². The van der Waals surface area contributed by atoms with Gasteiger partial charge in [-0.1, -0.05) is 24.6 Å². The van der Waals surface area contributed by atoms with E-state index in [-0.39, 0.29) is 23.7 Å². The van der Waals surface area contributed by atoms with E-state index in [4.69, 9.17) is 4.74 Å². The molecule has 1 heterocycles. The molecule has 1 aromatic rings. The molecule has 4 heteroatoms. The summed E-state index contributed by atoms with van der Waals surface area (Å²) in [6.07, 6.45) is 5.41. The standard InChI is InChI=1S/C17H23NO3/c19-16-9-2-1-5-14(16)11-18(12-15-8-4-10-21-15)17(20)13-6-3-7-13/h1-2,5,9,13,15,19H,3-4,6-8,10-12H2. The molecule has 1 amide bonds. The van der Waals surface area contributed by atoms with E-state index in [9.17, 15) is 9.90 Å². The van der Waals surface area contributed by atoms with Crippen LogP contribution in [0.4, 0.5) is 0 Å². The Bertz CT molecular complexity index is 493. The van der Waals surface area contributed by atoms with Gasteiger partial charge in [0.1, 0.15) is 5.75 Å². The fourth-order valence-corrected chi connectivity index (χ4v) is 3.03. The zero-order valence-electron chi connectivity index (χ0n) is 12.3. The number of benzene rings is 1. The maximum atomic E-state index is 12.6. The van der Waals surface area contributed by atoms with Crippen molar-refractivity contribution in [3.8, 4) is 5.75 Å². The lowest BCUT2D eigenvalue weighted by atomic mass is 9.84. The minimum atomic E-state index is 0.153. The van der Waals surface area contributed by atoms with Gasteiger partial charge in [0.25, 0.3) is 0 Å². The van der Waals surface area contributed by atoms with Crippen LogP contribution in [0.15, 0.2) is 24.3 Å². The summed E-state index contributed by atoms with van der Waals surface area (Å²) in [6.45, 7) is 1.91. The van der Waals surface area contributed by atoms with Crippen molar-refractivity contribution in [3.05, 3.63) is 29.8 Å². The molecule has 1 aliphatic carbocycles. The molecule has 1 atom stereocenters. The van der Waals surface area contributed by atoms with E-state index in [1.165, 1.54) is 0 Å². The summed E-state index contributed by atoms with van der Waals surface area (Å²) in [4.78, 5) is 14.5. The highest BCUT2D eigenvalue weighted by atomic mass is 16.5. The first-order chi connectivity index (χ1) is 10.2. The second-order valence-electron chi connectivity index (χ2n) is 6.11. The molecule has 1 saturated carbocycles. The maximum Gasteiger partial charge on any atom is 0.226 e. The fraction of sp³-hybridized carbons (Fsp3) is 0.588. The minimum Gasteiger partial charge on any atom is -0.508 e. The molecule has 1 N–H and O–H groups in total. The van der Waals surface area contributed by atoms with Crippen LogP contribution < -0.4 is 0 Å². The first-order valence-electron chi connectivity index (χ1n) is 7.91. The normalized spacial score (nSPS) is 22.0. The summed E-state index contributed by atoms with van der Waals surface area (Å²) in [5.74, 6) is 0.661. The van der Waals surface area contributed by atoms with Crippen molar-refractivity contribution in [3.63, 3.8) is 0 Å². The van der Waals surface area contributed by atoms with E-state index in [0.29, 0.717) is 13.1 Å². The summed E-state index contributed by atoms with van der Waals surface area (Å²) in [5.41, 5.74) is 0.808. The Morgan fingerprint density at radius 2 is 2.05 bits per heavy atom. The number of carbonyl (C=O) groups is 1. The molecule has 21 heavy (non-hydrogen) atoms. The molecule has 4 nitrogen and oxygen atoms in total. The van der Waals surface area contributed by atoms with Gasteiger partial charge in [0, 0.05) is 31.2 Å². The molecular weight excluding hydrogens is 266 g/mol. The Kier molecular flexibility index (Phi) is 4.44. The number of rotatable bonds is 5. The quantitative estimate of drug-likeness (QED) is 0.906. The lowest BCUT2D eigenvalue weighted by Crippen LogP contribution is -2.42. The molecular formula is C17H23NO3. The van der Waals surface area contributed by atoms with Gasteiger partial charge in [0.2, 0.25) is 5.91 Å². The maximum absolute atomic E-state index is 12.6. The number of hydrogen-bond donors (Lipinski definition) is 1. The van der Waals surface area contributed by atoms with E-state index in [2.05, 4.69) is 0 Å². The van der Waals surface area contributed by atoms with Crippen LogP contribution in [0, 0.1) is 5.92 Å². The highest BCUT2D eigenvalue weighted by molar-refractivity contribution is 5.79. The topological polar surface area (TPSA) is 49.8 Å². The minimum absolute atomic E-state index is 0.153. The number of ether oxygens (including phenoxy) is 1. The monoisotopic (exact) mass is 289 g/mol. The van der Waals surface area contributed by atoms with Gasteiger partial charge in [0.15, 0.2) is 0 Å². The van der Waals surface area contributed by atoms with Crippen molar-refractivity contribution in [1.82, 2.24) is 4.90 Å². The highest BCUT2D eigenvalue weighted by Crippen LogP contribution is 2.30. The molecule has 1 aromatic carbocycles. The van der Waals surface area contributed by atoms with Gasteiger partial charge in [-0.15, -0.1) is 0 Å². The summed E-state index contributed by atoms with van der Waals surface area (Å²) in [7, 11) is 0. The Balaban J connectivity index is 1.71. The van der Waals surface area contributed by atoms with Gasteiger partial charge < -0.3 is 14.7 Å². The first-order valence-corrected chi connectivity index (χ1v) is 7.91. The van der Waals surface area contributed by atoms with Crippen LogP contribution in [-0.4, -0.2) is 35.2 Å². The average Bonchev–Trinajstić information content (AvgIpc) is 2.91. The summed E-state index contributed by atoms with van der Waals surface area (Å²) in [6, 6.07) is 7.25. The van der Waals surface area contributed by atoms with Crippen LogP contribution in [0.1, 0.15) is 37.7 Å². The van der Waals surface area contributed by atoms with Crippen molar-refractivity contribution in [2.75, 3.05) is 13.2 Å². The van der Waals surface area contributed by atoms with Gasteiger partial charge in [-0.3, -0.25) is 4.79 Å². The lowest BCUT2D eigenvalue weighted by molar-refractivity contribution is -0.140. The number of hydrogen-bond acceptors (Lipinski definition) is 3. The van der Waals surface area contributed by atoms with Gasteiger partial charge >= 0.3 is 0 Å². The molecule has 114 valence electrons. The smallest absolute Gasteiger partial charge is 0.226 e. The summed E-state index contributed by atoms with van der Waals surface area (Å²) < 4.78 is 5.68. The number of carbonyl (C=O) groups excluding carboxylic acids is 1. The first kappa shape index (κ1) is 14.4. The third kappa shape index (κ3) is 3.38. The van der Waals surface area contributed by atoms with Crippen LogP contribution >= 0.6 is 0 Å². The zero-order valence-corrected chi connectivity index (χ0v) is 12.3. The molecule has 1 saturated heterocycles. The van der Waals surface area contributed by atoms with Crippen LogP contribution in [0.25, 0.3) is 0 Å². The zero-order chi connectivity index (χ0) is 14.7. The molecule has 0 radical (unpaired) electrons. The van der Waals surface area contributed by atoms with E-state index >= 15 is 0 Å². The summed E-state index contributed by atoms with van der Waals surface area (Å²) >= 11 is 0. The molecule has 0 spiro atoms. The molecule has 2 aliphatic rings. The van der Waals surface area contributed by atoms with Gasteiger partial charge in [0.05, 0.1) is 6.10 Å². The molecule has 2 fully saturated rings. The Morgan fingerprint density at radius 3 is 2.67 bits per heavy atom. The predicted octanol–water partition coefficient (Wildman–Crippen LogP) is 2.70. The molecule has 1 aliphatic heterocycles. The second-order valence-corrected chi connectivity index (χ2v) is 6.11. The molecule has 1 unspecified atom stereocenters. The number of para-hydroxylation sites is 1. The van der Waals surface area contributed by atoms with Crippen molar-refractivity contribution < 1.29 is 14.6 Å². The highest BCUT2D eigenvalue weighted by Gasteiger charge is 2.31. The van der Waals surface area contributed by atoms with Gasteiger partial charge in [-0.25, -0.2) is 0 Å². The van der Waals surface area contributed by atoms with E-state index in [1.807, 2.05) is 17.0 Å². The Labute approximate surface area is 125 Å². The number of phenols is 1. The summed E-state index contributed by atoms with van der Waals surface area (Å²) in [5, 5.41) is 9.94. The fourth-order valence-electron chi connectivity index (χ4n) is 3.03. The predicted molar refractivity (Wildman–Crippen MR) is 79.8 cm³/mol.